The van der Waals surface area contributed by atoms with E-state index in [0.29, 0.717) is 11.0 Å². The van der Waals surface area contributed by atoms with Gasteiger partial charge in [0, 0.05) is 0 Å². The fourth-order valence-corrected chi connectivity index (χ4v) is 3.53. The van der Waals surface area contributed by atoms with Gasteiger partial charge >= 0.3 is 7.12 Å². The number of rotatable bonds is 3. The Balaban J connectivity index is 2.02. The van der Waals surface area contributed by atoms with Gasteiger partial charge in [-0.15, -0.1) is 0 Å². The van der Waals surface area contributed by atoms with E-state index in [1.807, 2.05) is 0 Å². The van der Waals surface area contributed by atoms with Crippen LogP contribution in [0.1, 0.15) is 11.1 Å². The molecule has 0 unspecified atom stereocenters. The molecule has 0 spiro atoms. The summed E-state index contributed by atoms with van der Waals surface area (Å²) in [6.07, 6.45) is 0. The lowest BCUT2D eigenvalue weighted by Gasteiger charge is -2.11. The fraction of sp³-hybridized carbons (Fsp3) is 0.0714. The highest BCUT2D eigenvalue weighted by Crippen LogP contribution is 2.23. The number of nitriles is 1. The number of hydrogen-bond acceptors (Lipinski definition) is 5. The van der Waals surface area contributed by atoms with Gasteiger partial charge in [0.2, 0.25) is 0 Å². The largest absolute Gasteiger partial charge is 0.491 e. The summed E-state index contributed by atoms with van der Waals surface area (Å²) >= 11 is 0. The quantitative estimate of drug-likeness (QED) is 0.807. The number of fused-ring (bicyclic) bond motifs is 1. The van der Waals surface area contributed by atoms with Crippen molar-refractivity contribution >= 4 is 28.3 Å². The Labute approximate surface area is 132 Å². The fourth-order valence-electron chi connectivity index (χ4n) is 2.32. The molecule has 1 heterocycles. The molecule has 2 aromatic rings. The van der Waals surface area contributed by atoms with E-state index in [0.717, 1.165) is 6.07 Å². The first-order chi connectivity index (χ1) is 10.9. The number of nitrogens with one attached hydrogen (secondary N) is 1. The van der Waals surface area contributed by atoms with Crippen molar-refractivity contribution in [1.29, 1.82) is 5.26 Å². The van der Waals surface area contributed by atoms with Crippen LogP contribution in [-0.4, -0.2) is 20.6 Å². The summed E-state index contributed by atoms with van der Waals surface area (Å²) in [5.74, 6) is -0.792. The maximum absolute atomic E-state index is 14.1. The molecule has 1 aliphatic heterocycles. The first kappa shape index (κ1) is 15.5. The van der Waals surface area contributed by atoms with Crippen LogP contribution in [0.2, 0.25) is 0 Å². The molecule has 23 heavy (non-hydrogen) atoms. The predicted octanol–water partition coefficient (Wildman–Crippen LogP) is 0.716. The van der Waals surface area contributed by atoms with E-state index in [1.54, 1.807) is 6.07 Å². The SMILES string of the molecule is N#Cc1ccccc1S(=O)(=O)Nc1cc2c(cc1F)COB2O. The molecule has 0 aliphatic carbocycles. The van der Waals surface area contributed by atoms with Gasteiger partial charge in [0.25, 0.3) is 10.0 Å². The molecule has 116 valence electrons. The number of benzene rings is 2. The zero-order valence-electron chi connectivity index (χ0n) is 11.7. The molecule has 0 bridgehead atoms. The molecule has 0 radical (unpaired) electrons. The van der Waals surface area contributed by atoms with Crippen molar-refractivity contribution in [3.63, 3.8) is 0 Å². The molecule has 0 aromatic heterocycles. The Bertz CT molecular complexity index is 927. The van der Waals surface area contributed by atoms with Crippen molar-refractivity contribution in [2.45, 2.75) is 11.5 Å². The molecule has 0 atom stereocenters. The Morgan fingerprint density at radius 2 is 2.09 bits per heavy atom. The van der Waals surface area contributed by atoms with E-state index in [9.17, 15) is 17.8 Å². The van der Waals surface area contributed by atoms with Crippen LogP contribution >= 0.6 is 0 Å². The van der Waals surface area contributed by atoms with Gasteiger partial charge in [0.05, 0.1) is 17.9 Å². The first-order valence-electron chi connectivity index (χ1n) is 6.56. The number of nitrogens with zero attached hydrogens (tertiary/aromatic N) is 1. The van der Waals surface area contributed by atoms with E-state index in [-0.39, 0.29) is 22.8 Å². The molecule has 2 aromatic carbocycles. The van der Waals surface area contributed by atoms with Gasteiger partial charge in [-0.05, 0) is 35.3 Å². The average molecular weight is 332 g/mol. The van der Waals surface area contributed by atoms with E-state index in [4.69, 9.17) is 9.92 Å². The smallest absolute Gasteiger partial charge is 0.423 e. The van der Waals surface area contributed by atoms with Gasteiger partial charge < -0.3 is 9.68 Å². The minimum absolute atomic E-state index is 0.0510. The number of sulfonamides is 1. The van der Waals surface area contributed by atoms with Crippen molar-refractivity contribution < 1.29 is 22.5 Å². The summed E-state index contributed by atoms with van der Waals surface area (Å²) in [5.41, 5.74) is 0.388. The number of anilines is 1. The topological polar surface area (TPSA) is 99.4 Å². The second-order valence-corrected chi connectivity index (χ2v) is 6.56. The van der Waals surface area contributed by atoms with Gasteiger partial charge in [0.1, 0.15) is 16.8 Å². The van der Waals surface area contributed by atoms with Crippen LogP contribution in [0.4, 0.5) is 10.1 Å². The lowest BCUT2D eigenvalue weighted by molar-refractivity contribution is 0.275. The third-order valence-corrected chi connectivity index (χ3v) is 4.86. The van der Waals surface area contributed by atoms with Gasteiger partial charge in [-0.2, -0.15) is 5.26 Å². The Morgan fingerprint density at radius 1 is 1.35 bits per heavy atom. The molecule has 3 rings (SSSR count). The van der Waals surface area contributed by atoms with Crippen molar-refractivity contribution in [2.24, 2.45) is 0 Å². The predicted molar refractivity (Wildman–Crippen MR) is 80.8 cm³/mol. The zero-order chi connectivity index (χ0) is 16.6. The second-order valence-electron chi connectivity index (χ2n) is 4.91. The van der Waals surface area contributed by atoms with Crippen LogP contribution in [0.3, 0.4) is 0 Å². The molecule has 0 saturated heterocycles. The van der Waals surface area contributed by atoms with Gasteiger partial charge in [0.15, 0.2) is 0 Å². The first-order valence-corrected chi connectivity index (χ1v) is 8.04. The normalized spacial score (nSPS) is 13.5. The lowest BCUT2D eigenvalue weighted by Crippen LogP contribution is -2.29. The van der Waals surface area contributed by atoms with E-state index >= 15 is 0 Å². The Kier molecular flexibility index (Phi) is 3.81. The van der Waals surface area contributed by atoms with Crippen LogP contribution in [0, 0.1) is 17.1 Å². The summed E-state index contributed by atoms with van der Waals surface area (Å²) in [4.78, 5) is -0.251. The average Bonchev–Trinajstić information content (AvgIpc) is 2.88. The third kappa shape index (κ3) is 2.79. The number of halogens is 1. The molecule has 9 heteroatoms. The van der Waals surface area contributed by atoms with Crippen molar-refractivity contribution in [2.75, 3.05) is 4.72 Å². The van der Waals surface area contributed by atoms with Crippen LogP contribution < -0.4 is 10.2 Å². The molecule has 1 aliphatic rings. The van der Waals surface area contributed by atoms with Gasteiger partial charge in [-0.25, -0.2) is 12.8 Å². The highest BCUT2D eigenvalue weighted by molar-refractivity contribution is 7.92. The lowest BCUT2D eigenvalue weighted by atomic mass is 9.79. The van der Waals surface area contributed by atoms with Crippen molar-refractivity contribution in [3.05, 3.63) is 53.3 Å². The minimum Gasteiger partial charge on any atom is -0.423 e. The molecule has 2 N–H and O–H groups in total. The Morgan fingerprint density at radius 3 is 2.83 bits per heavy atom. The van der Waals surface area contributed by atoms with Crippen LogP contribution in [0.5, 0.6) is 0 Å². The standard InChI is InChI=1S/C14H10BFN2O4S/c16-12-5-10-8-22-15(19)11(10)6-13(12)18-23(20,21)14-4-2-1-3-9(14)7-17/h1-6,18-19H,8H2. The van der Waals surface area contributed by atoms with E-state index in [1.165, 1.54) is 30.3 Å². The molecule has 0 saturated carbocycles. The van der Waals surface area contributed by atoms with Gasteiger partial charge in [-0.1, -0.05) is 12.1 Å². The molecule has 0 fully saturated rings. The highest BCUT2D eigenvalue weighted by Gasteiger charge is 2.30. The van der Waals surface area contributed by atoms with Crippen LogP contribution in [-0.2, 0) is 21.3 Å². The van der Waals surface area contributed by atoms with Crippen molar-refractivity contribution in [1.82, 2.24) is 0 Å². The van der Waals surface area contributed by atoms with Gasteiger partial charge in [-0.3, -0.25) is 4.72 Å². The summed E-state index contributed by atoms with van der Waals surface area (Å²) in [7, 11) is -5.37. The second kappa shape index (κ2) is 5.66. The molecular weight excluding hydrogens is 322 g/mol. The molecule has 0 amide bonds. The van der Waals surface area contributed by atoms with E-state index in [2.05, 4.69) is 4.72 Å². The van der Waals surface area contributed by atoms with Crippen LogP contribution in [0.15, 0.2) is 41.3 Å². The number of hydrogen-bond donors (Lipinski definition) is 2. The summed E-state index contributed by atoms with van der Waals surface area (Å²) < 4.78 is 45.9. The van der Waals surface area contributed by atoms with Crippen LogP contribution in [0.25, 0.3) is 0 Å². The zero-order valence-corrected chi connectivity index (χ0v) is 12.5. The molecule has 6 nitrogen and oxygen atoms in total. The van der Waals surface area contributed by atoms with E-state index < -0.39 is 23.0 Å². The minimum atomic E-state index is -4.15. The monoisotopic (exact) mass is 332 g/mol. The highest BCUT2D eigenvalue weighted by atomic mass is 32.2. The summed E-state index contributed by atoms with van der Waals surface area (Å²) in [6.45, 7) is 0.0533. The maximum atomic E-state index is 14.1. The van der Waals surface area contributed by atoms with Crippen molar-refractivity contribution in [3.8, 4) is 6.07 Å². The summed E-state index contributed by atoms with van der Waals surface area (Å²) in [6, 6.07) is 9.68. The third-order valence-electron chi connectivity index (χ3n) is 3.43. The maximum Gasteiger partial charge on any atom is 0.491 e. The summed E-state index contributed by atoms with van der Waals surface area (Å²) in [5, 5.41) is 18.6. The molecular formula is C14H10BFN2O4S. The Hall–Kier alpha value is -2.41.